The number of non-ortho nitro benzene ring substituents is 1. The Labute approximate surface area is 160 Å². The summed E-state index contributed by atoms with van der Waals surface area (Å²) in [6, 6.07) is 21.5. The summed E-state index contributed by atoms with van der Waals surface area (Å²) in [5.74, 6) is -0.0501. The minimum Gasteiger partial charge on any atom is -0.446 e. The van der Waals surface area contributed by atoms with E-state index in [2.05, 4.69) is 22.4 Å². The van der Waals surface area contributed by atoms with Gasteiger partial charge in [-0.2, -0.15) is 0 Å². The van der Waals surface area contributed by atoms with E-state index in [1.54, 1.807) is 0 Å². The standard InChI is InChI=1S/C21H15N3O4/c25-21(23-22-14-9-11-15(12-10-14)24(26)27)28-13-20-18-7-3-1-5-16(18)17-6-2-4-8-19(17)20/h1-12,20H,13H2. The Morgan fingerprint density at radius 3 is 2.07 bits per heavy atom. The number of nitro groups is 1. The smallest absolute Gasteiger partial charge is 0.446 e. The molecular weight excluding hydrogens is 358 g/mol. The molecule has 0 fully saturated rings. The summed E-state index contributed by atoms with van der Waals surface area (Å²) in [6.07, 6.45) is -0.805. The number of nitrogens with zero attached hydrogens (tertiary/aromatic N) is 3. The fraction of sp³-hybridized carbons (Fsp3) is 0.0952. The first kappa shape index (κ1) is 17.5. The van der Waals surface area contributed by atoms with Gasteiger partial charge in [-0.1, -0.05) is 53.6 Å². The number of hydrogen-bond acceptors (Lipinski definition) is 5. The third kappa shape index (κ3) is 3.37. The highest BCUT2D eigenvalue weighted by Gasteiger charge is 2.28. The topological polar surface area (TPSA) is 94.2 Å². The molecule has 0 N–H and O–H groups in total. The maximum Gasteiger partial charge on any atom is 0.452 e. The van der Waals surface area contributed by atoms with Gasteiger partial charge in [-0.25, -0.2) is 4.79 Å². The van der Waals surface area contributed by atoms with Crippen LogP contribution in [0.3, 0.4) is 0 Å². The number of carbonyl (C=O) groups is 1. The zero-order valence-corrected chi connectivity index (χ0v) is 14.7. The summed E-state index contributed by atoms with van der Waals surface area (Å²) >= 11 is 0. The summed E-state index contributed by atoms with van der Waals surface area (Å²) in [4.78, 5) is 22.1. The van der Waals surface area contributed by atoms with Crippen molar-refractivity contribution < 1.29 is 14.5 Å². The van der Waals surface area contributed by atoms with Crippen molar-refractivity contribution in [1.82, 2.24) is 0 Å². The predicted octanol–water partition coefficient (Wildman–Crippen LogP) is 5.63. The summed E-state index contributed by atoms with van der Waals surface area (Å²) in [6.45, 7) is 0.159. The second kappa shape index (κ2) is 7.40. The van der Waals surface area contributed by atoms with E-state index in [4.69, 9.17) is 4.74 Å². The molecule has 0 saturated heterocycles. The number of ether oxygens (including phenoxy) is 1. The van der Waals surface area contributed by atoms with Gasteiger partial charge in [-0.15, -0.1) is 5.11 Å². The molecule has 1 aliphatic carbocycles. The molecule has 4 rings (SSSR count). The van der Waals surface area contributed by atoms with Gasteiger partial charge in [0, 0.05) is 18.1 Å². The third-order valence-corrected chi connectivity index (χ3v) is 4.64. The molecule has 1 amide bonds. The Hall–Kier alpha value is -3.87. The first-order valence-electron chi connectivity index (χ1n) is 8.64. The summed E-state index contributed by atoms with van der Waals surface area (Å²) in [5.41, 5.74) is 4.80. The Balaban J connectivity index is 1.44. The number of carbonyl (C=O) groups excluding carboxylic acids is 1. The minimum absolute atomic E-state index is 0.0501. The Kier molecular flexibility index (Phi) is 4.63. The van der Waals surface area contributed by atoms with Crippen molar-refractivity contribution in [1.29, 1.82) is 0 Å². The van der Waals surface area contributed by atoms with E-state index in [9.17, 15) is 14.9 Å². The second-order valence-electron chi connectivity index (χ2n) is 6.28. The molecule has 3 aromatic rings. The molecule has 0 saturated carbocycles. The molecule has 0 atom stereocenters. The number of benzene rings is 3. The van der Waals surface area contributed by atoms with Crippen LogP contribution in [0.2, 0.25) is 0 Å². The second-order valence-corrected chi connectivity index (χ2v) is 6.28. The molecular formula is C21H15N3O4. The number of hydrogen-bond donors (Lipinski definition) is 0. The monoisotopic (exact) mass is 373 g/mol. The number of fused-ring (bicyclic) bond motifs is 3. The average Bonchev–Trinajstić information content (AvgIpc) is 3.05. The maximum atomic E-state index is 12.0. The highest BCUT2D eigenvalue weighted by atomic mass is 16.6. The Morgan fingerprint density at radius 2 is 1.50 bits per heavy atom. The molecule has 0 spiro atoms. The van der Waals surface area contributed by atoms with Crippen LogP contribution in [-0.2, 0) is 4.74 Å². The van der Waals surface area contributed by atoms with Gasteiger partial charge >= 0.3 is 6.09 Å². The van der Waals surface area contributed by atoms with Gasteiger partial charge < -0.3 is 4.74 Å². The van der Waals surface area contributed by atoms with Crippen molar-refractivity contribution in [3.63, 3.8) is 0 Å². The Bertz CT molecular complexity index is 1030. The van der Waals surface area contributed by atoms with Gasteiger partial charge in [-0.05, 0) is 34.4 Å². The van der Waals surface area contributed by atoms with Crippen LogP contribution in [0, 0.1) is 10.1 Å². The minimum atomic E-state index is -0.805. The number of rotatable bonds is 4. The molecule has 3 aromatic carbocycles. The summed E-state index contributed by atoms with van der Waals surface area (Å²) in [7, 11) is 0. The average molecular weight is 373 g/mol. The number of nitro benzene ring substituents is 1. The number of amides is 1. The van der Waals surface area contributed by atoms with Gasteiger partial charge in [0.1, 0.15) is 6.61 Å². The van der Waals surface area contributed by atoms with Gasteiger partial charge in [-0.3, -0.25) is 10.1 Å². The van der Waals surface area contributed by atoms with Gasteiger partial charge in [0.05, 0.1) is 10.6 Å². The molecule has 0 unspecified atom stereocenters. The zero-order valence-electron chi connectivity index (χ0n) is 14.7. The molecule has 0 radical (unpaired) electrons. The van der Waals surface area contributed by atoms with E-state index in [-0.39, 0.29) is 18.2 Å². The van der Waals surface area contributed by atoms with Crippen molar-refractivity contribution in [2.75, 3.05) is 6.61 Å². The molecule has 1 aliphatic rings. The molecule has 28 heavy (non-hydrogen) atoms. The first-order valence-corrected chi connectivity index (χ1v) is 8.64. The normalized spacial score (nSPS) is 12.6. The van der Waals surface area contributed by atoms with Crippen LogP contribution in [0.15, 0.2) is 83.0 Å². The predicted molar refractivity (Wildman–Crippen MR) is 103 cm³/mol. The molecule has 0 bridgehead atoms. The van der Waals surface area contributed by atoms with Gasteiger partial charge in [0.15, 0.2) is 0 Å². The fourth-order valence-electron chi connectivity index (χ4n) is 3.36. The maximum absolute atomic E-state index is 12.0. The van der Waals surface area contributed by atoms with E-state index < -0.39 is 11.0 Å². The van der Waals surface area contributed by atoms with Crippen LogP contribution in [0.25, 0.3) is 11.1 Å². The first-order chi connectivity index (χ1) is 13.6. The van der Waals surface area contributed by atoms with Crippen LogP contribution in [-0.4, -0.2) is 17.6 Å². The van der Waals surface area contributed by atoms with Crippen molar-refractivity contribution in [2.24, 2.45) is 10.2 Å². The van der Waals surface area contributed by atoms with Gasteiger partial charge in [0.2, 0.25) is 0 Å². The molecule has 0 aromatic heterocycles. The molecule has 7 heteroatoms. The van der Waals surface area contributed by atoms with Crippen LogP contribution in [0.5, 0.6) is 0 Å². The van der Waals surface area contributed by atoms with E-state index in [0.29, 0.717) is 5.69 Å². The lowest BCUT2D eigenvalue weighted by Gasteiger charge is -2.12. The molecule has 7 nitrogen and oxygen atoms in total. The lowest BCUT2D eigenvalue weighted by molar-refractivity contribution is -0.384. The van der Waals surface area contributed by atoms with Crippen molar-refractivity contribution in [3.05, 3.63) is 94.0 Å². The summed E-state index contributed by atoms with van der Waals surface area (Å²) < 4.78 is 5.32. The lowest BCUT2D eigenvalue weighted by atomic mass is 9.98. The molecule has 0 aliphatic heterocycles. The third-order valence-electron chi connectivity index (χ3n) is 4.64. The van der Waals surface area contributed by atoms with Crippen LogP contribution in [0.4, 0.5) is 16.2 Å². The van der Waals surface area contributed by atoms with Gasteiger partial charge in [0.25, 0.3) is 5.69 Å². The highest BCUT2D eigenvalue weighted by Crippen LogP contribution is 2.44. The zero-order chi connectivity index (χ0) is 19.5. The van der Waals surface area contributed by atoms with E-state index in [1.165, 1.54) is 24.3 Å². The van der Waals surface area contributed by atoms with Crippen molar-refractivity contribution >= 4 is 17.5 Å². The van der Waals surface area contributed by atoms with Crippen LogP contribution < -0.4 is 0 Å². The van der Waals surface area contributed by atoms with Crippen molar-refractivity contribution in [3.8, 4) is 11.1 Å². The Morgan fingerprint density at radius 1 is 0.929 bits per heavy atom. The number of azo groups is 1. The molecule has 138 valence electrons. The fourth-order valence-corrected chi connectivity index (χ4v) is 3.36. The highest BCUT2D eigenvalue weighted by molar-refractivity contribution is 5.79. The van der Waals surface area contributed by atoms with E-state index in [1.807, 2.05) is 36.4 Å². The summed E-state index contributed by atoms with van der Waals surface area (Å²) in [5, 5.41) is 17.9. The SMILES string of the molecule is O=C(N=Nc1ccc([N+](=O)[O-])cc1)OCC1c2ccccc2-c2ccccc21. The lowest BCUT2D eigenvalue weighted by Crippen LogP contribution is -2.09. The van der Waals surface area contributed by atoms with Crippen LogP contribution in [0.1, 0.15) is 17.0 Å². The quantitative estimate of drug-likeness (QED) is 0.336. The van der Waals surface area contributed by atoms with Crippen LogP contribution >= 0.6 is 0 Å². The van der Waals surface area contributed by atoms with Crippen molar-refractivity contribution in [2.45, 2.75) is 5.92 Å². The van der Waals surface area contributed by atoms with E-state index >= 15 is 0 Å². The van der Waals surface area contributed by atoms with E-state index in [0.717, 1.165) is 22.3 Å². The molecule has 0 heterocycles. The largest absolute Gasteiger partial charge is 0.452 e.